The Morgan fingerprint density at radius 1 is 1.30 bits per heavy atom. The molecule has 106 valence electrons. The van der Waals surface area contributed by atoms with Crippen molar-refractivity contribution in [2.45, 2.75) is 26.3 Å². The van der Waals surface area contributed by atoms with Crippen molar-refractivity contribution in [2.24, 2.45) is 5.92 Å². The van der Waals surface area contributed by atoms with E-state index >= 15 is 0 Å². The van der Waals surface area contributed by atoms with Gasteiger partial charge in [-0.3, -0.25) is 0 Å². The molecule has 6 nitrogen and oxygen atoms in total. The first-order chi connectivity index (χ1) is 9.43. The van der Waals surface area contributed by atoms with E-state index in [1.807, 2.05) is 6.07 Å². The molecule has 2 amide bonds. The first-order valence-corrected chi connectivity index (χ1v) is 6.20. The molecule has 0 fully saturated rings. The Balaban J connectivity index is 2.62. The molecule has 1 atom stereocenters. The number of benzene rings is 1. The maximum absolute atomic E-state index is 11.7. The second-order valence-corrected chi connectivity index (χ2v) is 4.69. The molecule has 6 heteroatoms. The predicted molar refractivity (Wildman–Crippen MR) is 74.2 cm³/mol. The second kappa shape index (κ2) is 7.14. The van der Waals surface area contributed by atoms with Crippen LogP contribution in [0.1, 0.15) is 19.4 Å². The van der Waals surface area contributed by atoms with Crippen LogP contribution >= 0.6 is 0 Å². The van der Waals surface area contributed by atoms with Crippen molar-refractivity contribution >= 4 is 17.7 Å². The Hall–Kier alpha value is -2.55. The van der Waals surface area contributed by atoms with Gasteiger partial charge in [-0.1, -0.05) is 26.0 Å². The van der Waals surface area contributed by atoms with Gasteiger partial charge in [-0.2, -0.15) is 5.26 Å². The zero-order valence-electron chi connectivity index (χ0n) is 11.4. The molecule has 0 aliphatic carbocycles. The molecule has 0 saturated heterocycles. The van der Waals surface area contributed by atoms with Crippen molar-refractivity contribution < 1.29 is 14.7 Å². The quantitative estimate of drug-likeness (QED) is 0.764. The van der Waals surface area contributed by atoms with Gasteiger partial charge in [0.1, 0.15) is 6.04 Å². The number of urea groups is 1. The molecule has 0 spiro atoms. The number of carboxylic acid groups (broad SMARTS) is 1. The lowest BCUT2D eigenvalue weighted by molar-refractivity contribution is -0.140. The van der Waals surface area contributed by atoms with Crippen LogP contribution in [0.5, 0.6) is 0 Å². The predicted octanol–water partition coefficient (Wildman–Crippen LogP) is 1.98. The third-order valence-electron chi connectivity index (χ3n) is 2.71. The summed E-state index contributed by atoms with van der Waals surface area (Å²) in [6.07, 6.45) is 0.306. The third-order valence-corrected chi connectivity index (χ3v) is 2.71. The smallest absolute Gasteiger partial charge is 0.326 e. The maximum atomic E-state index is 11.7. The fourth-order valence-electron chi connectivity index (χ4n) is 1.62. The normalized spacial score (nSPS) is 11.5. The van der Waals surface area contributed by atoms with E-state index in [-0.39, 0.29) is 5.92 Å². The Bertz CT molecular complexity index is 517. The zero-order chi connectivity index (χ0) is 15.1. The van der Waals surface area contributed by atoms with Crippen LogP contribution in [0.4, 0.5) is 10.5 Å². The fourth-order valence-corrected chi connectivity index (χ4v) is 1.62. The summed E-state index contributed by atoms with van der Waals surface area (Å²) in [5, 5.41) is 22.5. The number of rotatable bonds is 5. The van der Waals surface area contributed by atoms with Crippen molar-refractivity contribution in [2.75, 3.05) is 5.32 Å². The van der Waals surface area contributed by atoms with Crippen LogP contribution in [-0.4, -0.2) is 23.1 Å². The highest BCUT2D eigenvalue weighted by molar-refractivity contribution is 5.92. The van der Waals surface area contributed by atoms with Crippen molar-refractivity contribution in [3.05, 3.63) is 29.8 Å². The molecule has 3 N–H and O–H groups in total. The van der Waals surface area contributed by atoms with Crippen LogP contribution in [-0.2, 0) is 11.2 Å². The molecule has 1 rings (SSSR count). The number of nitrogens with one attached hydrogen (secondary N) is 2. The van der Waals surface area contributed by atoms with E-state index in [2.05, 4.69) is 10.6 Å². The monoisotopic (exact) mass is 275 g/mol. The highest BCUT2D eigenvalue weighted by atomic mass is 16.4. The van der Waals surface area contributed by atoms with E-state index in [4.69, 9.17) is 10.4 Å². The SMILES string of the molecule is CC(C)[C@@H](NC(=O)Nc1ccc(CC#N)cc1)C(=O)O. The minimum Gasteiger partial charge on any atom is -0.480 e. The summed E-state index contributed by atoms with van der Waals surface area (Å²) >= 11 is 0. The Kier molecular flexibility index (Phi) is 5.54. The number of nitrogens with zero attached hydrogens (tertiary/aromatic N) is 1. The van der Waals surface area contributed by atoms with Crippen molar-refractivity contribution in [3.8, 4) is 6.07 Å². The van der Waals surface area contributed by atoms with Crippen LogP contribution in [0.25, 0.3) is 0 Å². The number of hydrogen-bond donors (Lipinski definition) is 3. The van der Waals surface area contributed by atoms with E-state index < -0.39 is 18.0 Å². The van der Waals surface area contributed by atoms with Gasteiger partial charge in [0.25, 0.3) is 0 Å². The molecule has 0 aliphatic rings. The van der Waals surface area contributed by atoms with E-state index in [1.165, 1.54) is 0 Å². The molecule has 0 unspecified atom stereocenters. The first kappa shape index (κ1) is 15.5. The summed E-state index contributed by atoms with van der Waals surface area (Å²) in [4.78, 5) is 22.7. The second-order valence-electron chi connectivity index (χ2n) is 4.69. The average molecular weight is 275 g/mol. The number of amides is 2. The molecule has 0 bridgehead atoms. The number of nitriles is 1. The first-order valence-electron chi connectivity index (χ1n) is 6.20. The van der Waals surface area contributed by atoms with Crippen LogP contribution in [0.3, 0.4) is 0 Å². The molecule has 0 aliphatic heterocycles. The molecule has 0 aromatic heterocycles. The largest absolute Gasteiger partial charge is 0.480 e. The van der Waals surface area contributed by atoms with Gasteiger partial charge in [0.2, 0.25) is 0 Å². The number of carboxylic acids is 1. The lowest BCUT2D eigenvalue weighted by Gasteiger charge is -2.18. The number of carbonyl (C=O) groups is 2. The molecular weight excluding hydrogens is 258 g/mol. The molecule has 1 aromatic carbocycles. The van der Waals surface area contributed by atoms with Crippen LogP contribution in [0, 0.1) is 17.2 Å². The Labute approximate surface area is 117 Å². The summed E-state index contributed by atoms with van der Waals surface area (Å²) in [7, 11) is 0. The molecule has 20 heavy (non-hydrogen) atoms. The van der Waals surface area contributed by atoms with Gasteiger partial charge < -0.3 is 15.7 Å². The number of hydrogen-bond acceptors (Lipinski definition) is 3. The Morgan fingerprint density at radius 2 is 1.90 bits per heavy atom. The Morgan fingerprint density at radius 3 is 2.35 bits per heavy atom. The average Bonchev–Trinajstić information content (AvgIpc) is 2.38. The summed E-state index contributed by atoms with van der Waals surface area (Å²) in [6, 6.07) is 7.32. The summed E-state index contributed by atoms with van der Waals surface area (Å²) in [6.45, 7) is 3.44. The summed E-state index contributed by atoms with van der Waals surface area (Å²) < 4.78 is 0. The van der Waals surface area contributed by atoms with E-state index in [0.717, 1.165) is 5.56 Å². The molecule has 0 heterocycles. The topological polar surface area (TPSA) is 102 Å². The third kappa shape index (κ3) is 4.61. The van der Waals surface area contributed by atoms with Gasteiger partial charge in [0, 0.05) is 5.69 Å². The van der Waals surface area contributed by atoms with Crippen molar-refractivity contribution in [1.29, 1.82) is 5.26 Å². The molecule has 0 saturated carbocycles. The van der Waals surface area contributed by atoms with Crippen molar-refractivity contribution in [3.63, 3.8) is 0 Å². The highest BCUT2D eigenvalue weighted by Gasteiger charge is 2.23. The summed E-state index contributed by atoms with van der Waals surface area (Å²) in [5.41, 5.74) is 1.39. The van der Waals surface area contributed by atoms with E-state index in [9.17, 15) is 9.59 Å². The zero-order valence-corrected chi connectivity index (χ0v) is 11.4. The number of carbonyl (C=O) groups excluding carboxylic acids is 1. The highest BCUT2D eigenvalue weighted by Crippen LogP contribution is 2.10. The van der Waals surface area contributed by atoms with E-state index in [0.29, 0.717) is 12.1 Å². The van der Waals surface area contributed by atoms with E-state index in [1.54, 1.807) is 38.1 Å². The number of anilines is 1. The minimum absolute atomic E-state index is 0.212. The van der Waals surface area contributed by atoms with Crippen LogP contribution in [0.2, 0.25) is 0 Å². The van der Waals surface area contributed by atoms with Gasteiger partial charge in [0.05, 0.1) is 12.5 Å². The number of aliphatic carboxylic acids is 1. The standard InChI is InChI=1S/C14H17N3O3/c1-9(2)12(13(18)19)17-14(20)16-11-5-3-10(4-6-11)7-8-15/h3-6,9,12H,7H2,1-2H3,(H,18,19)(H2,16,17,20)/t12-/m1/s1. The van der Waals surface area contributed by atoms with Gasteiger partial charge >= 0.3 is 12.0 Å². The van der Waals surface area contributed by atoms with Gasteiger partial charge in [0.15, 0.2) is 0 Å². The molecule has 1 aromatic rings. The maximum Gasteiger partial charge on any atom is 0.326 e. The van der Waals surface area contributed by atoms with Crippen LogP contribution in [0.15, 0.2) is 24.3 Å². The lowest BCUT2D eigenvalue weighted by atomic mass is 10.1. The molecular formula is C14H17N3O3. The lowest BCUT2D eigenvalue weighted by Crippen LogP contribution is -2.46. The van der Waals surface area contributed by atoms with Gasteiger partial charge in [-0.05, 0) is 23.6 Å². The van der Waals surface area contributed by atoms with Crippen molar-refractivity contribution in [1.82, 2.24) is 5.32 Å². The van der Waals surface area contributed by atoms with Gasteiger partial charge in [-0.25, -0.2) is 9.59 Å². The van der Waals surface area contributed by atoms with Crippen LogP contribution < -0.4 is 10.6 Å². The summed E-state index contributed by atoms with van der Waals surface area (Å²) in [5.74, 6) is -1.28. The minimum atomic E-state index is -1.07. The fraction of sp³-hybridized carbons (Fsp3) is 0.357. The van der Waals surface area contributed by atoms with Gasteiger partial charge in [-0.15, -0.1) is 0 Å². The molecule has 0 radical (unpaired) electrons.